The van der Waals surface area contributed by atoms with Crippen LogP contribution in [-0.4, -0.2) is 88.1 Å². The Kier molecular flexibility index (Phi) is 32.2. The van der Waals surface area contributed by atoms with Crippen LogP contribution < -0.4 is 5.73 Å². The molecule has 0 spiro atoms. The number of carboxylic acids is 1. The number of carboxylic acid groups (broad SMARTS) is 1. The molecule has 0 aromatic carbocycles. The van der Waals surface area contributed by atoms with Crippen LogP contribution in [0.15, 0.2) is 60.8 Å². The molecule has 6 N–H and O–H groups in total. The number of rotatable bonds is 37. The zero-order valence-corrected chi connectivity index (χ0v) is 37.6. The first-order valence-electron chi connectivity index (χ1n) is 22.4. The van der Waals surface area contributed by atoms with Crippen molar-refractivity contribution < 1.29 is 62.5 Å². The first-order valence-corrected chi connectivity index (χ1v) is 23.9. The van der Waals surface area contributed by atoms with Gasteiger partial charge in [0.15, 0.2) is 6.10 Å². The number of Topliss-reactive ketones (excluding diaryl/α,β-unsaturated/α-hetero) is 1. The number of carbonyl (C=O) groups excluding carboxylic acids is 3. The summed E-state index contributed by atoms with van der Waals surface area (Å²) in [6.07, 6.45) is 33.3. The molecule has 15 heteroatoms. The fraction of sp³-hybridized carbons (Fsp3) is 0.696. The number of carbonyl (C=O) groups is 4. The molecule has 1 unspecified atom stereocenters. The average Bonchev–Trinajstić information content (AvgIpc) is 3.49. The number of nitrogens with two attached hydrogens (primary N) is 1. The van der Waals surface area contributed by atoms with Crippen molar-refractivity contribution in [1.82, 2.24) is 0 Å². The number of aliphatic hydroxyl groups is 2. The Morgan fingerprint density at radius 3 is 2.02 bits per heavy atom. The van der Waals surface area contributed by atoms with Gasteiger partial charge in [0.05, 0.1) is 25.4 Å². The van der Waals surface area contributed by atoms with Crippen molar-refractivity contribution in [3.8, 4) is 0 Å². The Hall–Kier alpha value is -3.23. The van der Waals surface area contributed by atoms with E-state index in [0.29, 0.717) is 38.5 Å². The molecule has 1 fully saturated rings. The number of unbranched alkanes of at least 4 members (excludes halogenated alkanes) is 9. The number of ketones is 1. The standard InChI is InChI=1S/C46H76NO13P/c1-3-5-7-8-9-10-11-12-13-14-15-16-17-18-19-20-25-29-44(51)57-34-38(35-58-61(55,56)59-36-41(47)46(53)54)60-45(52)30-26-22-21-24-28-39-40(43(50)33-42(39)49)32-31-37(48)27-23-6-4-2/h5,7,9-10,12-13,15-16,31-32,37-41,43,48,50H,3-4,6,8,11,14,17-30,33-36,47H2,1-2H3,(H,53,54)(H,55,56)/b7-5-,10-9-,13-12-,16-15-,32-31+/t37-,38+,39+,40+,41-,43+/m0/s1. The third-order valence-electron chi connectivity index (χ3n) is 10.1. The van der Waals surface area contributed by atoms with Crippen LogP contribution >= 0.6 is 7.82 Å². The molecule has 1 rings (SSSR count). The van der Waals surface area contributed by atoms with Gasteiger partial charge in [-0.1, -0.05) is 126 Å². The molecule has 0 heterocycles. The van der Waals surface area contributed by atoms with Gasteiger partial charge in [-0.2, -0.15) is 0 Å². The van der Waals surface area contributed by atoms with Gasteiger partial charge >= 0.3 is 25.7 Å². The maximum atomic E-state index is 12.8. The van der Waals surface area contributed by atoms with Gasteiger partial charge in [0.1, 0.15) is 18.4 Å². The lowest BCUT2D eigenvalue weighted by Gasteiger charge is -2.20. The quantitative estimate of drug-likeness (QED) is 0.0171. The minimum atomic E-state index is -4.79. The van der Waals surface area contributed by atoms with E-state index in [4.69, 9.17) is 24.8 Å². The Labute approximate surface area is 364 Å². The second-order valence-electron chi connectivity index (χ2n) is 15.6. The summed E-state index contributed by atoms with van der Waals surface area (Å²) in [4.78, 5) is 58.8. The molecule has 1 aliphatic carbocycles. The number of hydrogen-bond donors (Lipinski definition) is 5. The van der Waals surface area contributed by atoms with Crippen molar-refractivity contribution in [3.05, 3.63) is 60.8 Å². The molecule has 14 nitrogen and oxygen atoms in total. The van der Waals surface area contributed by atoms with Crippen LogP contribution in [0.4, 0.5) is 0 Å². The van der Waals surface area contributed by atoms with Gasteiger partial charge < -0.3 is 35.4 Å². The highest BCUT2D eigenvalue weighted by Crippen LogP contribution is 2.43. The lowest BCUT2D eigenvalue weighted by atomic mass is 9.88. The third kappa shape index (κ3) is 29.7. The Morgan fingerprint density at radius 2 is 1.38 bits per heavy atom. The second-order valence-corrected chi connectivity index (χ2v) is 17.0. The van der Waals surface area contributed by atoms with Crippen molar-refractivity contribution in [2.75, 3.05) is 19.8 Å². The zero-order chi connectivity index (χ0) is 45.1. The first kappa shape index (κ1) is 55.8. The van der Waals surface area contributed by atoms with E-state index in [-0.39, 0.29) is 36.9 Å². The number of ether oxygens (including phenoxy) is 2. The van der Waals surface area contributed by atoms with Crippen LogP contribution in [0.25, 0.3) is 0 Å². The summed E-state index contributed by atoms with van der Waals surface area (Å²) in [6.45, 7) is 2.31. The fourth-order valence-electron chi connectivity index (χ4n) is 6.60. The summed E-state index contributed by atoms with van der Waals surface area (Å²) in [5.41, 5.74) is 5.33. The summed E-state index contributed by atoms with van der Waals surface area (Å²) < 4.78 is 32.7. The molecule has 0 saturated heterocycles. The molecule has 0 bridgehead atoms. The van der Waals surface area contributed by atoms with Crippen LogP contribution in [0.5, 0.6) is 0 Å². The normalized spacial score (nSPS) is 19.7. The molecule has 0 aliphatic heterocycles. The van der Waals surface area contributed by atoms with Crippen LogP contribution in [0.3, 0.4) is 0 Å². The minimum absolute atomic E-state index is 0.00840. The van der Waals surface area contributed by atoms with E-state index in [1.165, 1.54) is 0 Å². The molecule has 348 valence electrons. The van der Waals surface area contributed by atoms with Crippen molar-refractivity contribution in [3.63, 3.8) is 0 Å². The van der Waals surface area contributed by atoms with E-state index in [1.54, 1.807) is 12.2 Å². The monoisotopic (exact) mass is 882 g/mol. The molecular weight excluding hydrogens is 805 g/mol. The SMILES string of the molecule is CC/C=C\C/C=C\C/C=C\C/C=C\CCCCCCC(=O)OC[C@H](COP(=O)(O)OC[C@H](N)C(=O)O)OC(=O)CCCCCC[C@H]1C(=O)C[C@@H](O)[C@@H]1/C=C/[C@@H](O)CCCCC. The molecule has 1 aliphatic rings. The molecule has 0 aromatic heterocycles. The van der Waals surface area contributed by atoms with Crippen molar-refractivity contribution in [1.29, 1.82) is 0 Å². The van der Waals surface area contributed by atoms with E-state index < -0.39 is 69.9 Å². The van der Waals surface area contributed by atoms with Gasteiger partial charge in [-0.25, -0.2) is 4.57 Å². The van der Waals surface area contributed by atoms with E-state index in [1.807, 2.05) is 0 Å². The topological polar surface area (TPSA) is 229 Å². The average molecular weight is 882 g/mol. The summed E-state index contributed by atoms with van der Waals surface area (Å²) in [7, 11) is -4.79. The number of aliphatic hydroxyl groups excluding tert-OH is 2. The largest absolute Gasteiger partial charge is 0.480 e. The first-order chi connectivity index (χ1) is 29.3. The van der Waals surface area contributed by atoms with Gasteiger partial charge in [-0.05, 0) is 64.2 Å². The Morgan fingerprint density at radius 1 is 0.787 bits per heavy atom. The predicted molar refractivity (Wildman–Crippen MR) is 236 cm³/mol. The summed E-state index contributed by atoms with van der Waals surface area (Å²) in [5, 5.41) is 29.6. The molecule has 61 heavy (non-hydrogen) atoms. The van der Waals surface area contributed by atoms with Gasteiger partial charge in [-0.15, -0.1) is 0 Å². The summed E-state index contributed by atoms with van der Waals surface area (Å²) in [5.74, 6) is -3.26. The maximum absolute atomic E-state index is 12.8. The van der Waals surface area contributed by atoms with Gasteiger partial charge in [0.25, 0.3) is 0 Å². The van der Waals surface area contributed by atoms with E-state index in [0.717, 1.165) is 77.0 Å². The van der Waals surface area contributed by atoms with E-state index in [9.17, 15) is 38.8 Å². The van der Waals surface area contributed by atoms with Crippen molar-refractivity contribution >= 4 is 31.5 Å². The van der Waals surface area contributed by atoms with Gasteiger partial charge in [-0.3, -0.25) is 28.2 Å². The van der Waals surface area contributed by atoms with Crippen LogP contribution in [0.1, 0.15) is 149 Å². The highest BCUT2D eigenvalue weighted by Gasteiger charge is 2.39. The molecule has 1 saturated carbocycles. The number of esters is 2. The lowest BCUT2D eigenvalue weighted by Crippen LogP contribution is -2.34. The number of phosphoric ester groups is 1. The van der Waals surface area contributed by atoms with Crippen LogP contribution in [0, 0.1) is 11.8 Å². The van der Waals surface area contributed by atoms with Gasteiger partial charge in [0.2, 0.25) is 0 Å². The second kappa shape index (κ2) is 35.3. The number of allylic oxidation sites excluding steroid dienone is 8. The predicted octanol–water partition coefficient (Wildman–Crippen LogP) is 8.54. The number of hydrogen-bond acceptors (Lipinski definition) is 12. The van der Waals surface area contributed by atoms with Crippen LogP contribution in [0.2, 0.25) is 0 Å². The summed E-state index contributed by atoms with van der Waals surface area (Å²) >= 11 is 0. The number of phosphoric acid groups is 1. The van der Waals surface area contributed by atoms with Crippen molar-refractivity contribution in [2.24, 2.45) is 17.6 Å². The molecule has 0 amide bonds. The fourth-order valence-corrected chi connectivity index (χ4v) is 7.38. The number of aliphatic carboxylic acids is 1. The minimum Gasteiger partial charge on any atom is -0.480 e. The van der Waals surface area contributed by atoms with Crippen molar-refractivity contribution in [2.45, 2.75) is 173 Å². The highest BCUT2D eigenvalue weighted by atomic mass is 31.2. The van der Waals surface area contributed by atoms with Crippen LogP contribution in [-0.2, 0) is 42.3 Å². The van der Waals surface area contributed by atoms with E-state index in [2.05, 4.69) is 67.0 Å². The van der Waals surface area contributed by atoms with E-state index >= 15 is 0 Å². The molecule has 0 radical (unpaired) electrons. The zero-order valence-electron chi connectivity index (χ0n) is 36.7. The highest BCUT2D eigenvalue weighted by molar-refractivity contribution is 7.47. The maximum Gasteiger partial charge on any atom is 0.472 e. The lowest BCUT2D eigenvalue weighted by molar-refractivity contribution is -0.161. The smallest absolute Gasteiger partial charge is 0.472 e. The Balaban J connectivity index is 2.49. The molecule has 0 aromatic rings. The molecule has 7 atom stereocenters. The Bertz CT molecular complexity index is 1430. The van der Waals surface area contributed by atoms with Gasteiger partial charge in [0, 0.05) is 31.1 Å². The third-order valence-corrected chi connectivity index (χ3v) is 11.1. The summed E-state index contributed by atoms with van der Waals surface area (Å²) in [6, 6.07) is -1.57. The molecular formula is C46H76NO13P.